The van der Waals surface area contributed by atoms with Crippen molar-refractivity contribution in [3.8, 4) is 22.5 Å². The number of imidazole rings is 1. The lowest BCUT2D eigenvalue weighted by atomic mass is 10.0. The fourth-order valence-corrected chi connectivity index (χ4v) is 4.42. The summed E-state index contributed by atoms with van der Waals surface area (Å²) in [5.74, 6) is 0.998. The molecule has 0 saturated heterocycles. The normalized spacial score (nSPS) is 11.6. The zero-order valence-electron chi connectivity index (χ0n) is 16.7. The molecule has 0 aliphatic rings. The van der Waals surface area contributed by atoms with Crippen LogP contribution in [0.4, 0.5) is 0 Å². The van der Waals surface area contributed by atoms with Gasteiger partial charge in [-0.05, 0) is 36.8 Å². The highest BCUT2D eigenvalue weighted by Crippen LogP contribution is 2.37. The number of benzene rings is 4. The predicted molar refractivity (Wildman–Crippen MR) is 124 cm³/mol. The average molecular weight is 388 g/mol. The highest BCUT2D eigenvalue weighted by Gasteiger charge is 2.15. The van der Waals surface area contributed by atoms with Crippen LogP contribution in [0.2, 0.25) is 0 Å². The smallest absolute Gasteiger partial charge is 0.143 e. The van der Waals surface area contributed by atoms with Crippen LogP contribution >= 0.6 is 0 Å². The van der Waals surface area contributed by atoms with Crippen molar-refractivity contribution in [3.63, 3.8) is 0 Å². The molecule has 3 nitrogen and oxygen atoms in total. The van der Waals surface area contributed by atoms with E-state index in [9.17, 15) is 0 Å². The van der Waals surface area contributed by atoms with Gasteiger partial charge >= 0.3 is 0 Å². The molecular formula is C27H20N2O. The predicted octanol–water partition coefficient (Wildman–Crippen LogP) is 7.29. The number of hydrogen-bond donors (Lipinski definition) is 0. The molecule has 0 bridgehead atoms. The molecule has 0 atom stereocenters. The zero-order valence-corrected chi connectivity index (χ0v) is 16.7. The first-order chi connectivity index (χ1) is 14.8. The maximum Gasteiger partial charge on any atom is 0.143 e. The van der Waals surface area contributed by atoms with E-state index in [1.54, 1.807) is 0 Å². The number of para-hydroxylation sites is 4. The molecule has 3 heteroatoms. The van der Waals surface area contributed by atoms with Gasteiger partial charge in [0.15, 0.2) is 0 Å². The summed E-state index contributed by atoms with van der Waals surface area (Å²) in [7, 11) is 0. The molecule has 0 saturated carbocycles. The lowest BCUT2D eigenvalue weighted by Crippen LogP contribution is -1.97. The standard InChI is InChI=1S/C27H20N2O/c1-2-29-24-15-5-4-14-23(24)28-27(29)19-10-7-9-18(17-19)20-12-8-13-22-21-11-3-6-16-25(21)30-26(20)22/h3-17H,2H2,1H3. The van der Waals surface area contributed by atoms with E-state index in [0.717, 1.165) is 56.5 Å². The van der Waals surface area contributed by atoms with Gasteiger partial charge in [0.25, 0.3) is 0 Å². The molecule has 2 heterocycles. The Kier molecular flexibility index (Phi) is 3.75. The molecule has 0 aliphatic carbocycles. The summed E-state index contributed by atoms with van der Waals surface area (Å²) in [6.07, 6.45) is 0. The summed E-state index contributed by atoms with van der Waals surface area (Å²) < 4.78 is 8.53. The molecule has 6 rings (SSSR count). The van der Waals surface area contributed by atoms with Gasteiger partial charge in [0.1, 0.15) is 17.0 Å². The number of fused-ring (bicyclic) bond motifs is 4. The summed E-state index contributed by atoms with van der Waals surface area (Å²) in [6, 6.07) is 31.5. The second-order valence-electron chi connectivity index (χ2n) is 7.53. The van der Waals surface area contributed by atoms with E-state index in [1.165, 1.54) is 5.52 Å². The van der Waals surface area contributed by atoms with Gasteiger partial charge in [0, 0.05) is 28.4 Å². The molecule has 0 amide bonds. The van der Waals surface area contributed by atoms with Crippen LogP contribution in [-0.4, -0.2) is 9.55 Å². The van der Waals surface area contributed by atoms with Crippen molar-refractivity contribution in [1.29, 1.82) is 0 Å². The summed E-state index contributed by atoms with van der Waals surface area (Å²) in [5, 5.41) is 2.30. The van der Waals surface area contributed by atoms with Crippen molar-refractivity contribution >= 4 is 33.0 Å². The second-order valence-corrected chi connectivity index (χ2v) is 7.53. The van der Waals surface area contributed by atoms with Gasteiger partial charge in [-0.25, -0.2) is 4.98 Å². The summed E-state index contributed by atoms with van der Waals surface area (Å²) in [5.41, 5.74) is 7.39. The van der Waals surface area contributed by atoms with Crippen molar-refractivity contribution in [2.24, 2.45) is 0 Å². The molecule has 4 aromatic carbocycles. The van der Waals surface area contributed by atoms with E-state index in [4.69, 9.17) is 9.40 Å². The minimum absolute atomic E-state index is 0.874. The number of furan rings is 1. The van der Waals surface area contributed by atoms with Crippen LogP contribution in [0, 0.1) is 0 Å². The summed E-state index contributed by atoms with van der Waals surface area (Å²) in [6.45, 7) is 3.04. The number of nitrogens with zero attached hydrogens (tertiary/aromatic N) is 2. The lowest BCUT2D eigenvalue weighted by molar-refractivity contribution is 0.670. The molecule has 2 aromatic heterocycles. The first kappa shape index (κ1) is 17.0. The van der Waals surface area contributed by atoms with Crippen LogP contribution in [0.1, 0.15) is 6.92 Å². The second kappa shape index (κ2) is 6.60. The summed E-state index contributed by atoms with van der Waals surface area (Å²) >= 11 is 0. The molecule has 0 fully saturated rings. The van der Waals surface area contributed by atoms with Crippen molar-refractivity contribution in [3.05, 3.63) is 91.0 Å². The molecule has 0 radical (unpaired) electrons. The van der Waals surface area contributed by atoms with Gasteiger partial charge in [-0.2, -0.15) is 0 Å². The molecule has 0 N–H and O–H groups in total. The number of aryl methyl sites for hydroxylation is 1. The van der Waals surface area contributed by atoms with E-state index in [0.29, 0.717) is 0 Å². The lowest BCUT2D eigenvalue weighted by Gasteiger charge is -2.09. The highest BCUT2D eigenvalue weighted by molar-refractivity contribution is 6.09. The first-order valence-electron chi connectivity index (χ1n) is 10.3. The fraction of sp³-hybridized carbons (Fsp3) is 0.0741. The average Bonchev–Trinajstić information content (AvgIpc) is 3.37. The number of rotatable bonds is 3. The van der Waals surface area contributed by atoms with E-state index >= 15 is 0 Å². The molecule has 30 heavy (non-hydrogen) atoms. The number of hydrogen-bond acceptors (Lipinski definition) is 2. The minimum Gasteiger partial charge on any atom is -0.455 e. The third-order valence-electron chi connectivity index (χ3n) is 5.81. The Balaban J connectivity index is 1.57. The van der Waals surface area contributed by atoms with E-state index in [-0.39, 0.29) is 0 Å². The largest absolute Gasteiger partial charge is 0.455 e. The van der Waals surface area contributed by atoms with E-state index in [2.05, 4.69) is 84.3 Å². The van der Waals surface area contributed by atoms with Crippen molar-refractivity contribution in [2.75, 3.05) is 0 Å². The van der Waals surface area contributed by atoms with Gasteiger partial charge in [0.05, 0.1) is 11.0 Å². The van der Waals surface area contributed by atoms with Crippen LogP contribution in [-0.2, 0) is 6.54 Å². The Hall–Kier alpha value is -3.85. The molecular weight excluding hydrogens is 368 g/mol. The quantitative estimate of drug-likeness (QED) is 0.319. The molecule has 144 valence electrons. The highest BCUT2D eigenvalue weighted by atomic mass is 16.3. The molecule has 0 spiro atoms. The maximum atomic E-state index is 6.26. The first-order valence-corrected chi connectivity index (χ1v) is 10.3. The third-order valence-corrected chi connectivity index (χ3v) is 5.81. The van der Waals surface area contributed by atoms with Crippen LogP contribution in [0.3, 0.4) is 0 Å². The van der Waals surface area contributed by atoms with Gasteiger partial charge in [0.2, 0.25) is 0 Å². The number of aromatic nitrogens is 2. The van der Waals surface area contributed by atoms with Gasteiger partial charge in [-0.3, -0.25) is 0 Å². The van der Waals surface area contributed by atoms with Crippen molar-refractivity contribution < 1.29 is 4.42 Å². The topological polar surface area (TPSA) is 31.0 Å². The van der Waals surface area contributed by atoms with Gasteiger partial charge in [-0.15, -0.1) is 0 Å². The molecule has 6 aromatic rings. The van der Waals surface area contributed by atoms with Crippen molar-refractivity contribution in [1.82, 2.24) is 9.55 Å². The zero-order chi connectivity index (χ0) is 20.1. The van der Waals surface area contributed by atoms with Crippen LogP contribution < -0.4 is 0 Å². The molecule has 0 unspecified atom stereocenters. The Bertz CT molecular complexity index is 1540. The Labute approximate surface area is 174 Å². The fourth-order valence-electron chi connectivity index (χ4n) is 4.42. The van der Waals surface area contributed by atoms with Crippen LogP contribution in [0.5, 0.6) is 0 Å². The van der Waals surface area contributed by atoms with Crippen molar-refractivity contribution in [2.45, 2.75) is 13.5 Å². The third kappa shape index (κ3) is 2.49. The van der Waals surface area contributed by atoms with Crippen LogP contribution in [0.15, 0.2) is 95.4 Å². The van der Waals surface area contributed by atoms with Gasteiger partial charge < -0.3 is 8.98 Å². The maximum absolute atomic E-state index is 6.26. The Morgan fingerprint density at radius 1 is 0.767 bits per heavy atom. The Morgan fingerprint density at radius 2 is 1.53 bits per heavy atom. The monoisotopic (exact) mass is 388 g/mol. The van der Waals surface area contributed by atoms with Crippen LogP contribution in [0.25, 0.3) is 55.5 Å². The molecule has 0 aliphatic heterocycles. The van der Waals surface area contributed by atoms with E-state index in [1.807, 2.05) is 18.2 Å². The Morgan fingerprint density at radius 3 is 2.47 bits per heavy atom. The van der Waals surface area contributed by atoms with Gasteiger partial charge in [-0.1, -0.05) is 66.7 Å². The SMILES string of the molecule is CCn1c(-c2cccc(-c3cccc4c3oc3ccccc34)c2)nc2ccccc21. The minimum atomic E-state index is 0.874. The summed E-state index contributed by atoms with van der Waals surface area (Å²) in [4.78, 5) is 4.93. The van der Waals surface area contributed by atoms with E-state index < -0.39 is 0 Å².